The number of nitrogens with zero attached hydrogens (tertiary/aromatic N) is 4. The molecule has 0 aliphatic heterocycles. The van der Waals surface area contributed by atoms with Gasteiger partial charge in [-0.15, -0.1) is 0 Å². The first-order valence-electron chi connectivity index (χ1n) is 10.8. The van der Waals surface area contributed by atoms with Crippen molar-refractivity contribution in [1.82, 2.24) is 14.5 Å². The first kappa shape index (κ1) is 22.8. The van der Waals surface area contributed by atoms with E-state index in [9.17, 15) is 13.6 Å². The van der Waals surface area contributed by atoms with Crippen LogP contribution in [0.4, 0.5) is 13.9 Å². The summed E-state index contributed by atoms with van der Waals surface area (Å²) in [6, 6.07) is 8.98. The van der Waals surface area contributed by atoms with E-state index in [1.165, 1.54) is 11.0 Å². The van der Waals surface area contributed by atoms with E-state index in [-0.39, 0.29) is 11.4 Å². The number of fused-ring (bicyclic) bond motifs is 1. The van der Waals surface area contributed by atoms with Crippen LogP contribution < -0.4 is 9.64 Å². The van der Waals surface area contributed by atoms with Crippen LogP contribution in [-0.4, -0.2) is 33.6 Å². The van der Waals surface area contributed by atoms with Crippen molar-refractivity contribution in [3.8, 4) is 5.75 Å². The Balaban J connectivity index is 1.58. The van der Waals surface area contributed by atoms with E-state index in [1.54, 1.807) is 36.8 Å². The third-order valence-corrected chi connectivity index (χ3v) is 6.13. The molecule has 0 bridgehead atoms. The molecule has 4 aromatic rings. The van der Waals surface area contributed by atoms with Crippen LogP contribution in [0, 0.1) is 11.6 Å². The highest BCUT2D eigenvalue weighted by molar-refractivity contribution is 7.22. The molecule has 0 unspecified atom stereocenters. The summed E-state index contributed by atoms with van der Waals surface area (Å²) in [6.45, 7) is 3.73. The molecule has 2 aromatic carbocycles. The normalized spacial score (nSPS) is 11.1. The standard InChI is InChI=1S/C24H24F2N4O2S/c1-2-3-13-32-19-7-5-17(6-8-19)23(31)30(11-4-10-29-12-9-27-16-29)24-28-22-20(26)14-18(25)15-21(22)33-24/h5-9,12,14-16H,2-4,10-11,13H2,1H3. The Bertz CT molecular complexity index is 1210. The first-order chi connectivity index (χ1) is 16.0. The molecule has 33 heavy (non-hydrogen) atoms. The Morgan fingerprint density at radius 3 is 2.73 bits per heavy atom. The van der Waals surface area contributed by atoms with Gasteiger partial charge in [-0.05, 0) is 43.2 Å². The van der Waals surface area contributed by atoms with Crippen molar-refractivity contribution >= 4 is 32.6 Å². The minimum atomic E-state index is -0.744. The van der Waals surface area contributed by atoms with Crippen molar-refractivity contribution in [3.63, 3.8) is 0 Å². The number of imidazole rings is 1. The molecule has 9 heteroatoms. The number of halogens is 2. The first-order valence-corrected chi connectivity index (χ1v) is 11.6. The van der Waals surface area contributed by atoms with Crippen LogP contribution in [0.3, 0.4) is 0 Å². The van der Waals surface area contributed by atoms with Crippen LogP contribution in [-0.2, 0) is 6.54 Å². The molecule has 2 aromatic heterocycles. The maximum Gasteiger partial charge on any atom is 0.260 e. The molecule has 6 nitrogen and oxygen atoms in total. The van der Waals surface area contributed by atoms with Crippen molar-refractivity contribution in [2.45, 2.75) is 32.7 Å². The lowest BCUT2D eigenvalue weighted by molar-refractivity contribution is 0.0986. The smallest absolute Gasteiger partial charge is 0.260 e. The molecule has 4 rings (SSSR count). The lowest BCUT2D eigenvalue weighted by atomic mass is 10.2. The molecule has 0 radical (unpaired) electrons. The molecule has 2 heterocycles. The molecular weight excluding hydrogens is 446 g/mol. The van der Waals surface area contributed by atoms with Gasteiger partial charge in [0.25, 0.3) is 5.91 Å². The quantitative estimate of drug-likeness (QED) is 0.280. The number of carbonyl (C=O) groups excluding carboxylic acids is 1. The number of hydrogen-bond donors (Lipinski definition) is 0. The lowest BCUT2D eigenvalue weighted by Crippen LogP contribution is -2.32. The predicted molar refractivity (Wildman–Crippen MR) is 125 cm³/mol. The van der Waals surface area contributed by atoms with E-state index >= 15 is 0 Å². The maximum absolute atomic E-state index is 14.2. The zero-order valence-electron chi connectivity index (χ0n) is 18.2. The van der Waals surface area contributed by atoms with Crippen molar-refractivity contribution < 1.29 is 18.3 Å². The Morgan fingerprint density at radius 1 is 1.18 bits per heavy atom. The molecule has 0 N–H and O–H groups in total. The number of amides is 1. The van der Waals surface area contributed by atoms with E-state index in [1.807, 2.05) is 10.8 Å². The number of carbonyl (C=O) groups is 1. The minimum absolute atomic E-state index is 0.0588. The molecule has 0 saturated heterocycles. The van der Waals surface area contributed by atoms with Crippen LogP contribution in [0.25, 0.3) is 10.2 Å². The number of thiazole rings is 1. The number of rotatable bonds is 10. The van der Waals surface area contributed by atoms with Crippen molar-refractivity contribution in [1.29, 1.82) is 0 Å². The van der Waals surface area contributed by atoms with Gasteiger partial charge in [-0.25, -0.2) is 18.7 Å². The number of hydrogen-bond acceptors (Lipinski definition) is 5. The highest BCUT2D eigenvalue weighted by atomic mass is 32.1. The second kappa shape index (κ2) is 10.5. The van der Waals surface area contributed by atoms with Gasteiger partial charge in [0.05, 0.1) is 17.6 Å². The van der Waals surface area contributed by atoms with E-state index < -0.39 is 11.6 Å². The monoisotopic (exact) mass is 470 g/mol. The summed E-state index contributed by atoms with van der Waals surface area (Å²) >= 11 is 1.09. The summed E-state index contributed by atoms with van der Waals surface area (Å²) in [5.74, 6) is -0.983. The molecular formula is C24H24F2N4O2S. The van der Waals surface area contributed by atoms with Crippen molar-refractivity contribution in [2.75, 3.05) is 18.1 Å². The molecule has 0 aliphatic carbocycles. The zero-order chi connectivity index (χ0) is 23.2. The van der Waals surface area contributed by atoms with Gasteiger partial charge in [-0.1, -0.05) is 24.7 Å². The SMILES string of the molecule is CCCCOc1ccc(C(=O)N(CCCn2ccnc2)c2nc3c(F)cc(F)cc3s2)cc1. The second-order valence-corrected chi connectivity index (χ2v) is 8.58. The molecule has 0 spiro atoms. The van der Waals surface area contributed by atoms with Crippen molar-refractivity contribution in [2.24, 2.45) is 0 Å². The Hall–Kier alpha value is -3.33. The third kappa shape index (κ3) is 5.54. The number of ether oxygens (including phenoxy) is 1. The fourth-order valence-corrected chi connectivity index (χ4v) is 4.39. The van der Waals surface area contributed by atoms with Gasteiger partial charge in [0.15, 0.2) is 10.9 Å². The van der Waals surface area contributed by atoms with Crippen LogP contribution in [0.5, 0.6) is 5.75 Å². The summed E-state index contributed by atoms with van der Waals surface area (Å²) in [5.41, 5.74) is 0.523. The summed E-state index contributed by atoms with van der Waals surface area (Å²) in [5, 5.41) is 0.327. The van der Waals surface area contributed by atoms with Gasteiger partial charge in [0.2, 0.25) is 0 Å². The van der Waals surface area contributed by atoms with Crippen LogP contribution in [0.15, 0.2) is 55.1 Å². The summed E-state index contributed by atoms with van der Waals surface area (Å²) in [7, 11) is 0. The topological polar surface area (TPSA) is 60.2 Å². The molecule has 0 atom stereocenters. The van der Waals surface area contributed by atoms with Crippen molar-refractivity contribution in [3.05, 3.63) is 72.3 Å². The molecule has 0 aliphatic rings. The number of unbranched alkanes of at least 4 members (excludes halogenated alkanes) is 1. The maximum atomic E-state index is 14.2. The second-order valence-electron chi connectivity index (χ2n) is 7.57. The fraction of sp³-hybridized carbons (Fsp3) is 0.292. The number of aromatic nitrogens is 3. The van der Waals surface area contributed by atoms with Crippen LogP contribution in [0.1, 0.15) is 36.5 Å². The van der Waals surface area contributed by atoms with E-state index in [4.69, 9.17) is 4.74 Å². The third-order valence-electron chi connectivity index (χ3n) is 5.10. The van der Waals surface area contributed by atoms with Crippen LogP contribution >= 0.6 is 11.3 Å². The lowest BCUT2D eigenvalue weighted by Gasteiger charge is -2.20. The average molecular weight is 471 g/mol. The Kier molecular flexibility index (Phi) is 7.29. The largest absolute Gasteiger partial charge is 0.494 e. The Labute approximate surface area is 194 Å². The van der Waals surface area contributed by atoms with Crippen LogP contribution in [0.2, 0.25) is 0 Å². The molecule has 0 fully saturated rings. The van der Waals surface area contributed by atoms with Gasteiger partial charge in [-0.3, -0.25) is 9.69 Å². The molecule has 172 valence electrons. The van der Waals surface area contributed by atoms with Gasteiger partial charge >= 0.3 is 0 Å². The molecule has 1 amide bonds. The highest BCUT2D eigenvalue weighted by Gasteiger charge is 2.22. The number of aryl methyl sites for hydroxylation is 1. The van der Waals surface area contributed by atoms with Gasteiger partial charge in [0, 0.05) is 37.1 Å². The van der Waals surface area contributed by atoms with Gasteiger partial charge in [0.1, 0.15) is 17.1 Å². The fourth-order valence-electron chi connectivity index (χ4n) is 3.36. The number of anilines is 1. The summed E-state index contributed by atoms with van der Waals surface area (Å²) in [6.07, 6.45) is 7.88. The average Bonchev–Trinajstić information content (AvgIpc) is 3.47. The molecule has 0 saturated carbocycles. The summed E-state index contributed by atoms with van der Waals surface area (Å²) < 4.78 is 35.9. The number of benzene rings is 2. The highest BCUT2D eigenvalue weighted by Crippen LogP contribution is 2.32. The van der Waals surface area contributed by atoms with Gasteiger partial charge < -0.3 is 9.30 Å². The Morgan fingerprint density at radius 2 is 2.00 bits per heavy atom. The van der Waals surface area contributed by atoms with E-state index in [0.717, 1.165) is 30.2 Å². The van der Waals surface area contributed by atoms with E-state index in [2.05, 4.69) is 16.9 Å². The van der Waals surface area contributed by atoms with Gasteiger partial charge in [-0.2, -0.15) is 0 Å². The zero-order valence-corrected chi connectivity index (χ0v) is 19.0. The predicted octanol–water partition coefficient (Wildman–Crippen LogP) is 5.69. The van der Waals surface area contributed by atoms with E-state index in [0.29, 0.717) is 47.3 Å². The summed E-state index contributed by atoms with van der Waals surface area (Å²) in [4.78, 5) is 23.3. The minimum Gasteiger partial charge on any atom is -0.494 e.